The number of nitrogens with one attached hydrogen (secondary N) is 1. The zero-order valence-corrected chi connectivity index (χ0v) is 14.3. The van der Waals surface area contributed by atoms with Gasteiger partial charge < -0.3 is 14.7 Å². The van der Waals surface area contributed by atoms with Crippen molar-refractivity contribution in [2.75, 3.05) is 12.4 Å². The predicted molar refractivity (Wildman–Crippen MR) is 91.1 cm³/mol. The average Bonchev–Trinajstić information content (AvgIpc) is 3.18. The fraction of sp³-hybridized carbons (Fsp3) is 0.118. The van der Waals surface area contributed by atoms with E-state index in [0.717, 1.165) is 0 Å². The summed E-state index contributed by atoms with van der Waals surface area (Å²) < 4.78 is 41.7. The maximum Gasteiger partial charge on any atom is 0.471 e. The van der Waals surface area contributed by atoms with Crippen LogP contribution in [0.2, 0.25) is 0 Å². The molecule has 2 heterocycles. The molecular formula is C17H12F3N5O3. The van der Waals surface area contributed by atoms with Crippen molar-refractivity contribution in [3.05, 3.63) is 60.1 Å². The van der Waals surface area contributed by atoms with Gasteiger partial charge in [0.1, 0.15) is 12.8 Å². The van der Waals surface area contributed by atoms with Crippen molar-refractivity contribution in [3.63, 3.8) is 0 Å². The number of pyridine rings is 1. The van der Waals surface area contributed by atoms with Crippen LogP contribution in [0.3, 0.4) is 0 Å². The number of oxime groups is 1. The minimum atomic E-state index is -4.74. The molecule has 3 aromatic rings. The summed E-state index contributed by atoms with van der Waals surface area (Å²) in [6, 6.07) is 11.4. The number of amides is 1. The van der Waals surface area contributed by atoms with Gasteiger partial charge in [0.15, 0.2) is 5.71 Å². The van der Waals surface area contributed by atoms with Crippen LogP contribution in [0, 0.1) is 0 Å². The van der Waals surface area contributed by atoms with Gasteiger partial charge in [-0.25, -0.2) is 0 Å². The highest BCUT2D eigenvalue weighted by Gasteiger charge is 2.38. The summed E-state index contributed by atoms with van der Waals surface area (Å²) in [5.41, 5.74) is 0.914. The molecule has 1 N–H and O–H groups in total. The van der Waals surface area contributed by atoms with E-state index in [1.54, 1.807) is 30.3 Å². The Morgan fingerprint density at radius 2 is 1.93 bits per heavy atom. The molecule has 28 heavy (non-hydrogen) atoms. The Labute approximate surface area is 156 Å². The van der Waals surface area contributed by atoms with E-state index in [4.69, 9.17) is 4.84 Å². The molecule has 0 aliphatic rings. The average molecular weight is 391 g/mol. The van der Waals surface area contributed by atoms with E-state index < -0.39 is 18.0 Å². The van der Waals surface area contributed by atoms with E-state index in [2.05, 4.69) is 30.1 Å². The van der Waals surface area contributed by atoms with Crippen molar-refractivity contribution in [3.8, 4) is 11.5 Å². The highest BCUT2D eigenvalue weighted by atomic mass is 19.4. The summed E-state index contributed by atoms with van der Waals surface area (Å²) in [5.74, 6) is -2.34. The quantitative estimate of drug-likeness (QED) is 0.530. The first kappa shape index (κ1) is 19.0. The Kier molecular flexibility index (Phi) is 5.34. The van der Waals surface area contributed by atoms with Gasteiger partial charge >= 0.3 is 12.1 Å². The number of aromatic nitrogens is 3. The highest BCUT2D eigenvalue weighted by molar-refractivity contribution is 6.48. The standard InChI is InChI=1S/C17H12F3N5O3/c1-27-24-13(10-5-3-2-4-6-10)15(26)22-11-7-8-12(21-9-11)14-23-16(28-25-14)17(18,19)20/h2-9H,1H3,(H,22,26)/b24-13+. The molecule has 0 radical (unpaired) electrons. The van der Waals surface area contributed by atoms with Crippen molar-refractivity contribution >= 4 is 17.3 Å². The molecule has 0 atom stereocenters. The fourth-order valence-corrected chi connectivity index (χ4v) is 2.15. The molecule has 0 aliphatic carbocycles. The second-order valence-corrected chi connectivity index (χ2v) is 5.30. The zero-order valence-electron chi connectivity index (χ0n) is 14.3. The second kappa shape index (κ2) is 7.86. The van der Waals surface area contributed by atoms with Crippen LogP contribution < -0.4 is 5.32 Å². The number of alkyl halides is 3. The summed E-state index contributed by atoms with van der Waals surface area (Å²) in [6.45, 7) is 0. The predicted octanol–water partition coefficient (Wildman–Crippen LogP) is 3.14. The molecule has 144 valence electrons. The first-order valence-corrected chi connectivity index (χ1v) is 7.73. The van der Waals surface area contributed by atoms with Gasteiger partial charge in [-0.2, -0.15) is 18.2 Å². The third kappa shape index (κ3) is 4.31. The summed E-state index contributed by atoms with van der Waals surface area (Å²) >= 11 is 0. The molecule has 0 saturated carbocycles. The van der Waals surface area contributed by atoms with Gasteiger partial charge in [-0.1, -0.05) is 40.6 Å². The lowest BCUT2D eigenvalue weighted by Gasteiger charge is -2.07. The van der Waals surface area contributed by atoms with Gasteiger partial charge in [0.05, 0.1) is 11.9 Å². The summed E-state index contributed by atoms with van der Waals surface area (Å²) in [7, 11) is 1.31. The SMILES string of the molecule is CO/N=C(/C(=O)Nc1ccc(-c2noc(C(F)(F)F)n2)nc1)c1ccccc1. The minimum absolute atomic E-state index is 0.0418. The molecule has 0 fully saturated rings. The molecule has 3 rings (SSSR count). The maximum absolute atomic E-state index is 12.5. The van der Waals surface area contributed by atoms with Crippen molar-refractivity contribution in [1.29, 1.82) is 0 Å². The number of halogens is 3. The number of carbonyl (C=O) groups is 1. The summed E-state index contributed by atoms with van der Waals surface area (Å²) in [6.07, 6.45) is -3.50. The molecule has 11 heteroatoms. The third-order valence-corrected chi connectivity index (χ3v) is 3.36. The van der Waals surface area contributed by atoms with Crippen LogP contribution >= 0.6 is 0 Å². The van der Waals surface area contributed by atoms with E-state index in [1.165, 1.54) is 25.4 Å². The van der Waals surface area contributed by atoms with Crippen LogP contribution in [0.15, 0.2) is 58.3 Å². The molecule has 0 spiro atoms. The lowest BCUT2D eigenvalue weighted by atomic mass is 10.1. The molecule has 2 aromatic heterocycles. The molecule has 0 unspecified atom stereocenters. The Bertz CT molecular complexity index is 985. The number of rotatable bonds is 5. The molecule has 0 bridgehead atoms. The van der Waals surface area contributed by atoms with Crippen LogP contribution in [-0.4, -0.2) is 33.9 Å². The largest absolute Gasteiger partial charge is 0.471 e. The van der Waals surface area contributed by atoms with E-state index in [9.17, 15) is 18.0 Å². The third-order valence-electron chi connectivity index (χ3n) is 3.36. The van der Waals surface area contributed by atoms with Crippen molar-refractivity contribution in [2.24, 2.45) is 5.16 Å². The van der Waals surface area contributed by atoms with Crippen LogP contribution in [0.5, 0.6) is 0 Å². The smallest absolute Gasteiger partial charge is 0.398 e. The van der Waals surface area contributed by atoms with Crippen molar-refractivity contribution in [1.82, 2.24) is 15.1 Å². The Balaban J connectivity index is 1.76. The van der Waals surface area contributed by atoms with Crippen LogP contribution in [0.25, 0.3) is 11.5 Å². The molecule has 8 nitrogen and oxygen atoms in total. The Hall–Kier alpha value is -3.76. The molecule has 1 aromatic carbocycles. The summed E-state index contributed by atoms with van der Waals surface area (Å²) in [5, 5.41) is 9.55. The number of carbonyl (C=O) groups excluding carboxylic acids is 1. The topological polar surface area (TPSA) is 102 Å². The first-order chi connectivity index (χ1) is 13.4. The van der Waals surface area contributed by atoms with E-state index >= 15 is 0 Å². The van der Waals surface area contributed by atoms with Crippen molar-refractivity contribution < 1.29 is 27.3 Å². The second-order valence-electron chi connectivity index (χ2n) is 5.30. The van der Waals surface area contributed by atoms with Crippen molar-refractivity contribution in [2.45, 2.75) is 6.18 Å². The lowest BCUT2D eigenvalue weighted by molar-refractivity contribution is -0.159. The molecule has 0 aliphatic heterocycles. The van der Waals surface area contributed by atoms with Gasteiger partial charge in [0, 0.05) is 5.56 Å². The Morgan fingerprint density at radius 3 is 2.50 bits per heavy atom. The van der Waals surface area contributed by atoms with Gasteiger partial charge in [-0.15, -0.1) is 0 Å². The van der Waals surface area contributed by atoms with E-state index in [1.807, 2.05) is 0 Å². The normalized spacial score (nSPS) is 11.9. The van der Waals surface area contributed by atoms with Crippen LogP contribution in [-0.2, 0) is 15.8 Å². The Morgan fingerprint density at radius 1 is 1.18 bits per heavy atom. The molecule has 0 saturated heterocycles. The monoisotopic (exact) mass is 391 g/mol. The molecule has 1 amide bonds. The van der Waals surface area contributed by atoms with Gasteiger partial charge in [-0.3, -0.25) is 9.78 Å². The number of anilines is 1. The van der Waals surface area contributed by atoms with Gasteiger partial charge in [0.2, 0.25) is 5.82 Å². The fourth-order valence-electron chi connectivity index (χ4n) is 2.15. The number of hydrogen-bond acceptors (Lipinski definition) is 7. The van der Waals surface area contributed by atoms with E-state index in [0.29, 0.717) is 5.56 Å². The number of nitrogens with zero attached hydrogens (tertiary/aromatic N) is 4. The number of hydrogen-bond donors (Lipinski definition) is 1. The first-order valence-electron chi connectivity index (χ1n) is 7.73. The summed E-state index contributed by atoms with van der Waals surface area (Å²) in [4.78, 5) is 24.4. The number of benzene rings is 1. The minimum Gasteiger partial charge on any atom is -0.398 e. The van der Waals surface area contributed by atoms with Crippen LogP contribution in [0.1, 0.15) is 11.5 Å². The maximum atomic E-state index is 12.5. The van der Waals surface area contributed by atoms with Crippen LogP contribution in [0.4, 0.5) is 18.9 Å². The van der Waals surface area contributed by atoms with Gasteiger partial charge in [-0.05, 0) is 12.1 Å². The molecular weight excluding hydrogens is 379 g/mol. The zero-order chi connectivity index (χ0) is 20.1. The van der Waals surface area contributed by atoms with Gasteiger partial charge in [0.25, 0.3) is 5.91 Å². The highest BCUT2D eigenvalue weighted by Crippen LogP contribution is 2.29. The van der Waals surface area contributed by atoms with E-state index in [-0.39, 0.29) is 22.9 Å². The lowest BCUT2D eigenvalue weighted by Crippen LogP contribution is -2.24.